The number of benzene rings is 1. The molecule has 2 rings (SSSR count). The minimum Gasteiger partial charge on any atom is -0.461 e. The number of furan rings is 1. The minimum atomic E-state index is -0.419. The molecule has 1 aromatic heterocycles. The fourth-order valence-corrected chi connectivity index (χ4v) is 1.68. The third-order valence-corrected chi connectivity index (χ3v) is 4.18. The Hall–Kier alpha value is -0.935. The number of fused-ring (bicyclic) bond motifs is 1. The van der Waals surface area contributed by atoms with Gasteiger partial charge >= 0.3 is 7.48 Å². The highest BCUT2D eigenvalue weighted by atomic mass is 32.1. The second-order valence-corrected chi connectivity index (χ2v) is 6.89. The Morgan fingerprint density at radius 2 is 1.95 bits per heavy atom. The topological polar surface area (TPSA) is 22.4 Å². The first kappa shape index (κ1) is 14.5. The van der Waals surface area contributed by atoms with Crippen molar-refractivity contribution in [1.29, 1.82) is 0 Å². The number of hydrogen-bond acceptors (Lipinski definition) is 3. The van der Waals surface area contributed by atoms with Crippen molar-refractivity contribution in [3.05, 3.63) is 30.3 Å². The highest BCUT2D eigenvalue weighted by Crippen LogP contribution is 2.30. The van der Waals surface area contributed by atoms with Gasteiger partial charge in [-0.05, 0) is 45.3 Å². The summed E-state index contributed by atoms with van der Waals surface area (Å²) in [6.07, 6.45) is 1.49. The Bertz CT molecular complexity index is 587. The quantitative estimate of drug-likeness (QED) is 0.687. The molecule has 0 aliphatic rings. The maximum absolute atomic E-state index is 13.8. The van der Waals surface area contributed by atoms with Crippen molar-refractivity contribution in [2.75, 3.05) is 0 Å². The van der Waals surface area contributed by atoms with Gasteiger partial charge in [0.2, 0.25) is 0 Å². The van der Waals surface area contributed by atoms with Gasteiger partial charge in [0.05, 0.1) is 11.9 Å². The third kappa shape index (κ3) is 2.98. The van der Waals surface area contributed by atoms with E-state index in [4.69, 9.17) is 9.07 Å². The van der Waals surface area contributed by atoms with Gasteiger partial charge in [-0.2, -0.15) is 12.6 Å². The van der Waals surface area contributed by atoms with Crippen molar-refractivity contribution >= 4 is 36.5 Å². The summed E-state index contributed by atoms with van der Waals surface area (Å²) in [5.41, 5.74) is 0.660. The van der Waals surface area contributed by atoms with Crippen LogP contribution in [0.3, 0.4) is 0 Å². The average Bonchev–Trinajstić information content (AvgIpc) is 2.73. The molecule has 0 radical (unpaired) electrons. The molecule has 0 amide bonds. The highest BCUT2D eigenvalue weighted by molar-refractivity contribution is 7.81. The van der Waals surface area contributed by atoms with Crippen LogP contribution < -0.4 is 5.46 Å². The Labute approximate surface area is 119 Å². The molecule has 0 spiro atoms. The molecule has 2 nitrogen and oxygen atoms in total. The molecule has 0 unspecified atom stereocenters. The lowest BCUT2D eigenvalue weighted by molar-refractivity contribution is 0.0854. The van der Waals surface area contributed by atoms with E-state index >= 15 is 0 Å². The van der Waals surface area contributed by atoms with E-state index in [0.717, 1.165) is 10.8 Å². The van der Waals surface area contributed by atoms with Gasteiger partial charge in [0.15, 0.2) is 11.4 Å². The van der Waals surface area contributed by atoms with Crippen molar-refractivity contribution < 1.29 is 13.5 Å². The summed E-state index contributed by atoms with van der Waals surface area (Å²) in [6.45, 7) is 7.95. The highest BCUT2D eigenvalue weighted by Gasteiger charge is 2.34. The number of thiol groups is 1. The monoisotopic (exact) mass is 280 g/mol. The summed E-state index contributed by atoms with van der Waals surface area (Å²) in [5, 5.41) is 0.751. The Morgan fingerprint density at radius 3 is 2.58 bits per heavy atom. The second-order valence-electron chi connectivity index (χ2n) is 5.77. The van der Waals surface area contributed by atoms with Crippen LogP contribution in [0.25, 0.3) is 11.0 Å². The Kier molecular flexibility index (Phi) is 3.71. The van der Waals surface area contributed by atoms with E-state index in [1.54, 1.807) is 6.07 Å². The first-order chi connectivity index (χ1) is 8.71. The lowest BCUT2D eigenvalue weighted by atomic mass is 9.83. The largest absolute Gasteiger partial charge is 0.461 e. The van der Waals surface area contributed by atoms with Crippen LogP contribution in [-0.2, 0) is 4.65 Å². The van der Waals surface area contributed by atoms with Crippen LogP contribution in [0.4, 0.5) is 4.39 Å². The molecule has 2 aromatic rings. The lowest BCUT2D eigenvalue weighted by Gasteiger charge is -2.38. The fraction of sp³-hybridized carbons (Fsp3) is 0.429. The summed E-state index contributed by atoms with van der Waals surface area (Å²) in [7, 11) is 0.342. The van der Waals surface area contributed by atoms with Gasteiger partial charge in [-0.15, -0.1) is 0 Å². The van der Waals surface area contributed by atoms with Gasteiger partial charge in [-0.25, -0.2) is 4.39 Å². The summed E-state index contributed by atoms with van der Waals surface area (Å²) in [4.78, 5) is 0. The van der Waals surface area contributed by atoms with Crippen molar-refractivity contribution in [1.82, 2.24) is 0 Å². The second kappa shape index (κ2) is 4.87. The maximum atomic E-state index is 13.8. The predicted octanol–water partition coefficient (Wildman–Crippen LogP) is 3.05. The molecule has 0 aliphatic carbocycles. The molecule has 0 N–H and O–H groups in total. The molecule has 0 saturated heterocycles. The molecular weight excluding hydrogens is 262 g/mol. The smallest absolute Gasteiger partial charge is 0.309 e. The molecule has 0 saturated carbocycles. The zero-order chi connectivity index (χ0) is 14.3. The summed E-state index contributed by atoms with van der Waals surface area (Å²) in [5.74, 6) is -0.357. The first-order valence-electron chi connectivity index (χ1n) is 6.23. The van der Waals surface area contributed by atoms with Gasteiger partial charge < -0.3 is 9.07 Å². The Balaban J connectivity index is 2.18. The zero-order valence-corrected chi connectivity index (χ0v) is 12.6. The summed E-state index contributed by atoms with van der Waals surface area (Å²) >= 11 is 4.54. The summed E-state index contributed by atoms with van der Waals surface area (Å²) in [6, 6.07) is 5.08. The van der Waals surface area contributed by atoms with Crippen molar-refractivity contribution in [2.45, 2.75) is 38.0 Å². The molecule has 102 valence electrons. The minimum absolute atomic E-state index is 0.286. The molecule has 5 heteroatoms. The molecular formula is C14H18BFO2S. The van der Waals surface area contributed by atoms with E-state index in [1.165, 1.54) is 12.3 Å². The van der Waals surface area contributed by atoms with Crippen LogP contribution in [0.1, 0.15) is 27.7 Å². The average molecular weight is 280 g/mol. The van der Waals surface area contributed by atoms with Crippen LogP contribution in [-0.4, -0.2) is 17.8 Å². The molecule has 0 atom stereocenters. The van der Waals surface area contributed by atoms with E-state index < -0.39 is 5.60 Å². The number of rotatable bonds is 4. The molecule has 1 heterocycles. The fourth-order valence-electron chi connectivity index (χ4n) is 1.62. The normalized spacial score (nSPS) is 12.9. The molecule has 1 aromatic carbocycles. The lowest BCUT2D eigenvalue weighted by Crippen LogP contribution is -2.45. The van der Waals surface area contributed by atoms with E-state index in [2.05, 4.69) is 12.6 Å². The predicted molar refractivity (Wildman–Crippen MR) is 81.2 cm³/mol. The first-order valence-corrected chi connectivity index (χ1v) is 6.67. The van der Waals surface area contributed by atoms with Crippen LogP contribution in [0.5, 0.6) is 0 Å². The number of hydrogen-bond donors (Lipinski definition) is 1. The van der Waals surface area contributed by atoms with Crippen molar-refractivity contribution in [2.24, 2.45) is 0 Å². The molecule has 0 fully saturated rings. The third-order valence-electron chi connectivity index (χ3n) is 3.64. The van der Waals surface area contributed by atoms with Crippen LogP contribution in [0.2, 0.25) is 0 Å². The zero-order valence-electron chi connectivity index (χ0n) is 11.7. The van der Waals surface area contributed by atoms with Crippen LogP contribution in [0.15, 0.2) is 28.9 Å². The van der Waals surface area contributed by atoms with Gasteiger partial charge in [-0.1, -0.05) is 6.07 Å². The van der Waals surface area contributed by atoms with E-state index in [0.29, 0.717) is 7.48 Å². The van der Waals surface area contributed by atoms with Crippen molar-refractivity contribution in [3.63, 3.8) is 0 Å². The van der Waals surface area contributed by atoms with Gasteiger partial charge in [0.25, 0.3) is 0 Å². The SMILES string of the molecule is CC(C)(S)C(C)(C)OBc1cc(F)c2occc2c1. The van der Waals surface area contributed by atoms with Gasteiger partial charge in [0, 0.05) is 10.1 Å². The van der Waals surface area contributed by atoms with Crippen LogP contribution in [0, 0.1) is 5.82 Å². The van der Waals surface area contributed by atoms with Gasteiger partial charge in [0.1, 0.15) is 0 Å². The summed E-state index contributed by atoms with van der Waals surface area (Å²) < 4.78 is 24.4. The van der Waals surface area contributed by atoms with E-state index in [9.17, 15) is 4.39 Å². The van der Waals surface area contributed by atoms with Crippen LogP contribution >= 0.6 is 12.6 Å². The van der Waals surface area contributed by atoms with E-state index in [-0.39, 0.29) is 16.1 Å². The maximum Gasteiger partial charge on any atom is 0.309 e. The molecule has 0 bridgehead atoms. The molecule has 19 heavy (non-hydrogen) atoms. The van der Waals surface area contributed by atoms with Gasteiger partial charge in [-0.3, -0.25) is 0 Å². The number of halogens is 1. The standard InChI is InChI=1S/C14H18BFO2S/c1-13(2,14(3,4)19)18-15-10-7-9-5-6-17-12(9)11(16)8-10/h5-8,15,19H,1-4H3. The van der Waals surface area contributed by atoms with E-state index in [1.807, 2.05) is 33.8 Å². The molecule has 0 aliphatic heterocycles. The van der Waals surface area contributed by atoms with Crippen molar-refractivity contribution in [3.8, 4) is 0 Å². The Morgan fingerprint density at radius 1 is 1.26 bits per heavy atom.